The van der Waals surface area contributed by atoms with Gasteiger partial charge in [-0.05, 0) is 55.7 Å². The molecule has 0 saturated carbocycles. The second-order valence-corrected chi connectivity index (χ2v) is 7.48. The Morgan fingerprint density at radius 1 is 1.15 bits per heavy atom. The average Bonchev–Trinajstić information content (AvgIpc) is 2.92. The first-order valence-electron chi connectivity index (χ1n) is 9.54. The van der Waals surface area contributed by atoms with E-state index in [1.165, 1.54) is 28.7 Å². The van der Waals surface area contributed by atoms with Gasteiger partial charge < -0.3 is 4.90 Å². The van der Waals surface area contributed by atoms with Crippen molar-refractivity contribution in [1.82, 2.24) is 4.57 Å². The molecule has 0 N–H and O–H groups in total. The summed E-state index contributed by atoms with van der Waals surface area (Å²) < 4.78 is 4.42. The summed E-state index contributed by atoms with van der Waals surface area (Å²) in [4.78, 5) is 2.34. The van der Waals surface area contributed by atoms with Crippen LogP contribution in [-0.4, -0.2) is 30.9 Å². The molecule has 0 spiro atoms. The van der Waals surface area contributed by atoms with E-state index in [1.54, 1.807) is 0 Å². The molecular formula is C22H28N5+. The minimum Gasteiger partial charge on any atom is -0.374 e. The van der Waals surface area contributed by atoms with Gasteiger partial charge in [0, 0.05) is 26.3 Å². The van der Waals surface area contributed by atoms with Crippen molar-refractivity contribution in [2.45, 2.75) is 19.8 Å². The van der Waals surface area contributed by atoms with Crippen molar-refractivity contribution in [2.24, 2.45) is 19.2 Å². The lowest BCUT2D eigenvalue weighted by atomic mass is 10.0. The van der Waals surface area contributed by atoms with E-state index in [1.807, 2.05) is 12.1 Å². The Hall–Kier alpha value is -2.82. The molecule has 0 aliphatic carbocycles. The zero-order chi connectivity index (χ0) is 19.1. The summed E-state index contributed by atoms with van der Waals surface area (Å²) in [7, 11) is 8.40. The molecule has 4 rings (SSSR count). The minimum absolute atomic E-state index is 0.994. The second-order valence-electron chi connectivity index (χ2n) is 7.48. The summed E-state index contributed by atoms with van der Waals surface area (Å²) in [5.74, 6) is 1.11. The molecule has 2 heterocycles. The van der Waals surface area contributed by atoms with E-state index in [0.717, 1.165) is 30.2 Å². The number of aryl methyl sites for hydroxylation is 3. The van der Waals surface area contributed by atoms with E-state index >= 15 is 0 Å². The van der Waals surface area contributed by atoms with Crippen LogP contribution >= 0.6 is 0 Å². The maximum atomic E-state index is 4.90. The topological polar surface area (TPSA) is 27.6 Å². The Balaban J connectivity index is 1.70. The number of hydrazone groups is 1. The Labute approximate surface area is 161 Å². The van der Waals surface area contributed by atoms with Crippen molar-refractivity contribution in [3.63, 3.8) is 0 Å². The third-order valence-corrected chi connectivity index (χ3v) is 5.65. The molecule has 140 valence electrons. The number of anilines is 2. The van der Waals surface area contributed by atoms with Gasteiger partial charge in [0.05, 0.1) is 19.8 Å². The number of imidazole rings is 1. The van der Waals surface area contributed by atoms with Crippen molar-refractivity contribution >= 4 is 28.1 Å². The molecule has 5 heteroatoms. The normalized spacial score (nSPS) is 14.6. The number of hydrogen-bond donors (Lipinski definition) is 0. The van der Waals surface area contributed by atoms with E-state index in [9.17, 15) is 0 Å². The van der Waals surface area contributed by atoms with Gasteiger partial charge in [0.1, 0.15) is 5.71 Å². The monoisotopic (exact) mass is 362 g/mol. The molecule has 1 aliphatic rings. The number of hydrogen-bond acceptors (Lipinski definition) is 3. The standard InChI is InChI=1S/C22H28N5/c1-16(22-25(3)20-10-6-7-11-21(20)26(22)4)23-27(5)18-12-13-19-17(15-18)9-8-14-24(19)2/h6-7,10-13,15H,8-9,14H2,1-5H3/q+1. The molecular weight excluding hydrogens is 334 g/mol. The predicted octanol–water partition coefficient (Wildman–Crippen LogP) is 3.25. The summed E-state index contributed by atoms with van der Waals surface area (Å²) >= 11 is 0. The Kier molecular flexibility index (Phi) is 4.38. The van der Waals surface area contributed by atoms with E-state index in [-0.39, 0.29) is 0 Å². The summed E-state index contributed by atoms with van der Waals surface area (Å²) in [6.45, 7) is 3.22. The van der Waals surface area contributed by atoms with Crippen molar-refractivity contribution < 1.29 is 4.57 Å². The highest BCUT2D eigenvalue weighted by Gasteiger charge is 2.23. The number of aromatic nitrogens is 2. The summed E-state index contributed by atoms with van der Waals surface area (Å²) in [5, 5.41) is 6.88. The fraction of sp³-hybridized carbons (Fsp3) is 0.364. The van der Waals surface area contributed by atoms with E-state index in [0.29, 0.717) is 0 Å². The molecule has 0 bridgehead atoms. The lowest BCUT2D eigenvalue weighted by Crippen LogP contribution is -2.36. The molecule has 1 aliphatic heterocycles. The van der Waals surface area contributed by atoms with Crippen LogP contribution in [0.4, 0.5) is 11.4 Å². The zero-order valence-electron chi connectivity index (χ0n) is 16.9. The molecule has 0 saturated heterocycles. The summed E-state index contributed by atoms with van der Waals surface area (Å²) in [6, 6.07) is 15.1. The number of nitrogens with zero attached hydrogens (tertiary/aromatic N) is 5. The second kappa shape index (κ2) is 6.72. The Morgan fingerprint density at radius 3 is 2.70 bits per heavy atom. The van der Waals surface area contributed by atoms with Gasteiger partial charge in [0.2, 0.25) is 0 Å². The molecule has 5 nitrogen and oxygen atoms in total. The third-order valence-electron chi connectivity index (χ3n) is 5.65. The van der Waals surface area contributed by atoms with Crippen LogP contribution in [0, 0.1) is 0 Å². The van der Waals surface area contributed by atoms with Crippen LogP contribution in [0.3, 0.4) is 0 Å². The lowest BCUT2D eigenvalue weighted by Gasteiger charge is -2.28. The first kappa shape index (κ1) is 17.6. The van der Waals surface area contributed by atoms with Crippen LogP contribution in [-0.2, 0) is 20.5 Å². The maximum absolute atomic E-state index is 4.90. The van der Waals surface area contributed by atoms with Crippen LogP contribution < -0.4 is 14.5 Å². The van der Waals surface area contributed by atoms with Crippen molar-refractivity contribution in [3.05, 3.63) is 53.9 Å². The van der Waals surface area contributed by atoms with E-state index in [2.05, 4.69) is 84.6 Å². The van der Waals surface area contributed by atoms with Gasteiger partial charge in [-0.3, -0.25) is 5.01 Å². The molecule has 0 radical (unpaired) electrons. The largest absolute Gasteiger partial charge is 0.374 e. The summed E-state index contributed by atoms with van der Waals surface area (Å²) in [6.07, 6.45) is 2.35. The quantitative estimate of drug-likeness (QED) is 0.406. The number of rotatable bonds is 3. The Morgan fingerprint density at radius 2 is 1.93 bits per heavy atom. The van der Waals surface area contributed by atoms with Crippen LogP contribution in [0.1, 0.15) is 24.7 Å². The SMILES string of the molecule is C/C(=N\N(C)c1ccc2c(c1)CCCN2C)c1n(C)c2ccccc2[n+]1C. The van der Waals surface area contributed by atoms with Crippen LogP contribution in [0.2, 0.25) is 0 Å². The van der Waals surface area contributed by atoms with Gasteiger partial charge in [-0.15, -0.1) is 0 Å². The number of fused-ring (bicyclic) bond motifs is 2. The van der Waals surface area contributed by atoms with Gasteiger partial charge >= 0.3 is 5.82 Å². The highest BCUT2D eigenvalue weighted by molar-refractivity contribution is 5.97. The molecule has 0 atom stereocenters. The van der Waals surface area contributed by atoms with Crippen LogP contribution in [0.15, 0.2) is 47.6 Å². The van der Waals surface area contributed by atoms with Crippen molar-refractivity contribution in [2.75, 3.05) is 30.5 Å². The lowest BCUT2D eigenvalue weighted by molar-refractivity contribution is -0.647. The number of benzene rings is 2. The molecule has 0 unspecified atom stereocenters. The van der Waals surface area contributed by atoms with Gasteiger partial charge in [0.15, 0.2) is 11.0 Å². The molecule has 1 aromatic heterocycles. The van der Waals surface area contributed by atoms with Gasteiger partial charge in [-0.25, -0.2) is 9.13 Å². The van der Waals surface area contributed by atoms with Gasteiger partial charge in [-0.1, -0.05) is 12.1 Å². The zero-order valence-corrected chi connectivity index (χ0v) is 16.9. The van der Waals surface area contributed by atoms with Crippen molar-refractivity contribution in [1.29, 1.82) is 0 Å². The van der Waals surface area contributed by atoms with E-state index in [4.69, 9.17) is 5.10 Å². The highest BCUT2D eigenvalue weighted by atomic mass is 15.4. The highest BCUT2D eigenvalue weighted by Crippen LogP contribution is 2.29. The van der Waals surface area contributed by atoms with Crippen molar-refractivity contribution in [3.8, 4) is 0 Å². The van der Waals surface area contributed by atoms with E-state index < -0.39 is 0 Å². The molecule has 0 amide bonds. The fourth-order valence-electron chi connectivity index (χ4n) is 4.27. The first-order chi connectivity index (χ1) is 13.0. The minimum atomic E-state index is 0.994. The predicted molar refractivity (Wildman–Crippen MR) is 113 cm³/mol. The summed E-state index contributed by atoms with van der Waals surface area (Å²) in [5.41, 5.74) is 7.31. The van der Waals surface area contributed by atoms with Crippen LogP contribution in [0.5, 0.6) is 0 Å². The average molecular weight is 363 g/mol. The molecule has 0 fully saturated rings. The fourth-order valence-corrected chi connectivity index (χ4v) is 4.27. The smallest absolute Gasteiger partial charge is 0.305 e. The molecule has 2 aromatic carbocycles. The maximum Gasteiger partial charge on any atom is 0.305 e. The molecule has 27 heavy (non-hydrogen) atoms. The third kappa shape index (κ3) is 2.97. The van der Waals surface area contributed by atoms with Gasteiger partial charge in [0.25, 0.3) is 0 Å². The molecule has 3 aromatic rings. The Bertz CT molecular complexity index is 992. The first-order valence-corrected chi connectivity index (χ1v) is 9.54. The van der Waals surface area contributed by atoms with Crippen LogP contribution in [0.25, 0.3) is 11.0 Å². The van der Waals surface area contributed by atoms with Gasteiger partial charge in [-0.2, -0.15) is 5.10 Å². The number of para-hydroxylation sites is 2.